The number of nitrogens with one attached hydrogen (secondary N) is 2. The van der Waals surface area contributed by atoms with Crippen LogP contribution in [0, 0.1) is 13.8 Å². The van der Waals surface area contributed by atoms with Crippen LogP contribution in [-0.2, 0) is 4.79 Å². The molecule has 0 bridgehead atoms. The first kappa shape index (κ1) is 15.8. The number of aryl methyl sites for hydroxylation is 2. The summed E-state index contributed by atoms with van der Waals surface area (Å²) in [6.45, 7) is 4.42. The Balaban J connectivity index is 1.70. The highest BCUT2D eigenvalue weighted by molar-refractivity contribution is 5.92. The average Bonchev–Trinajstić information content (AvgIpc) is 2.96. The topological polar surface area (TPSA) is 71.3 Å². The monoisotopic (exact) mass is 300 g/mol. The van der Waals surface area contributed by atoms with Crippen LogP contribution in [0.3, 0.4) is 0 Å². The van der Waals surface area contributed by atoms with Crippen LogP contribution in [0.5, 0.6) is 0 Å². The molecule has 116 valence electrons. The Hall–Kier alpha value is -2.56. The molecule has 0 radical (unpaired) electrons. The molecule has 22 heavy (non-hydrogen) atoms. The Morgan fingerprint density at radius 3 is 2.50 bits per heavy atom. The Morgan fingerprint density at radius 2 is 1.86 bits per heavy atom. The summed E-state index contributed by atoms with van der Waals surface area (Å²) in [7, 11) is 0. The highest BCUT2D eigenvalue weighted by atomic mass is 16.3. The first-order chi connectivity index (χ1) is 10.5. The van der Waals surface area contributed by atoms with Crippen LogP contribution in [0.25, 0.3) is 0 Å². The fourth-order valence-electron chi connectivity index (χ4n) is 2.22. The second-order valence-corrected chi connectivity index (χ2v) is 5.26. The molecule has 2 rings (SSSR count). The van der Waals surface area contributed by atoms with E-state index < -0.39 is 0 Å². The van der Waals surface area contributed by atoms with Gasteiger partial charge in [-0.25, -0.2) is 0 Å². The van der Waals surface area contributed by atoms with Gasteiger partial charge in [0.1, 0.15) is 0 Å². The second kappa shape index (κ2) is 7.45. The average molecular weight is 300 g/mol. The van der Waals surface area contributed by atoms with Crippen molar-refractivity contribution in [3.8, 4) is 0 Å². The molecule has 2 aromatic rings. The van der Waals surface area contributed by atoms with Gasteiger partial charge < -0.3 is 15.1 Å². The number of carbonyl (C=O) groups is 2. The summed E-state index contributed by atoms with van der Waals surface area (Å²) in [6.07, 6.45) is 2.38. The molecule has 0 unspecified atom stereocenters. The molecule has 1 heterocycles. The molecule has 0 aliphatic rings. The molecule has 0 aliphatic carbocycles. The summed E-state index contributed by atoms with van der Waals surface area (Å²) >= 11 is 0. The van der Waals surface area contributed by atoms with Crippen LogP contribution < -0.4 is 10.6 Å². The third-order valence-corrected chi connectivity index (χ3v) is 3.12. The minimum Gasteiger partial charge on any atom is -0.459 e. The fraction of sp³-hybridized carbons (Fsp3) is 0.294. The summed E-state index contributed by atoms with van der Waals surface area (Å²) in [6, 6.07) is 9.18. The largest absolute Gasteiger partial charge is 0.459 e. The van der Waals surface area contributed by atoms with Gasteiger partial charge in [-0.3, -0.25) is 9.59 Å². The van der Waals surface area contributed by atoms with E-state index in [1.54, 1.807) is 12.1 Å². The Labute approximate surface area is 129 Å². The maximum absolute atomic E-state index is 11.9. The third kappa shape index (κ3) is 4.77. The second-order valence-electron chi connectivity index (χ2n) is 5.26. The summed E-state index contributed by atoms with van der Waals surface area (Å²) in [5.74, 6) is -0.0448. The smallest absolute Gasteiger partial charge is 0.286 e. The lowest BCUT2D eigenvalue weighted by Gasteiger charge is -2.08. The number of hydrogen-bond acceptors (Lipinski definition) is 3. The molecule has 1 aromatic heterocycles. The van der Waals surface area contributed by atoms with E-state index in [9.17, 15) is 9.59 Å². The highest BCUT2D eigenvalue weighted by Crippen LogP contribution is 2.14. The predicted molar refractivity (Wildman–Crippen MR) is 84.8 cm³/mol. The lowest BCUT2D eigenvalue weighted by Crippen LogP contribution is -2.25. The lowest BCUT2D eigenvalue weighted by atomic mass is 10.1. The van der Waals surface area contributed by atoms with Gasteiger partial charge in [0.2, 0.25) is 5.91 Å². The van der Waals surface area contributed by atoms with Gasteiger partial charge in [0.15, 0.2) is 5.76 Å². The van der Waals surface area contributed by atoms with Gasteiger partial charge in [0.25, 0.3) is 5.91 Å². The van der Waals surface area contributed by atoms with Crippen molar-refractivity contribution >= 4 is 17.5 Å². The maximum atomic E-state index is 11.9. The molecule has 0 saturated carbocycles. The summed E-state index contributed by atoms with van der Waals surface area (Å²) in [5, 5.41) is 5.58. The first-order valence-corrected chi connectivity index (χ1v) is 7.24. The molecule has 5 nitrogen and oxygen atoms in total. The van der Waals surface area contributed by atoms with Crippen molar-refractivity contribution in [2.24, 2.45) is 0 Å². The number of anilines is 1. The van der Waals surface area contributed by atoms with Crippen LogP contribution >= 0.6 is 0 Å². The molecule has 0 spiro atoms. The summed E-state index contributed by atoms with van der Waals surface area (Å²) in [4.78, 5) is 23.5. The zero-order chi connectivity index (χ0) is 15.9. The number of carbonyl (C=O) groups excluding carboxylic acids is 2. The number of hydrogen-bond donors (Lipinski definition) is 2. The van der Waals surface area contributed by atoms with Gasteiger partial charge in [0, 0.05) is 18.7 Å². The Morgan fingerprint density at radius 1 is 1.14 bits per heavy atom. The van der Waals surface area contributed by atoms with E-state index in [0.29, 0.717) is 19.4 Å². The van der Waals surface area contributed by atoms with Crippen molar-refractivity contribution in [1.29, 1.82) is 0 Å². The van der Waals surface area contributed by atoms with E-state index >= 15 is 0 Å². The first-order valence-electron chi connectivity index (χ1n) is 7.24. The number of benzene rings is 1. The van der Waals surface area contributed by atoms with Gasteiger partial charge in [-0.05, 0) is 55.7 Å². The molecule has 0 atom stereocenters. The minimum absolute atomic E-state index is 0.0581. The third-order valence-electron chi connectivity index (χ3n) is 3.12. The van der Waals surface area contributed by atoms with Crippen molar-refractivity contribution < 1.29 is 14.0 Å². The SMILES string of the molecule is Cc1cc(C)cc(NC(=O)CCCNC(=O)c2ccco2)c1. The molecule has 2 N–H and O–H groups in total. The normalized spacial score (nSPS) is 10.3. The molecule has 0 aliphatic heterocycles. The van der Waals surface area contributed by atoms with E-state index in [4.69, 9.17) is 4.42 Å². The Bertz CT molecular complexity index is 628. The van der Waals surface area contributed by atoms with Crippen LogP contribution in [-0.4, -0.2) is 18.4 Å². The lowest BCUT2D eigenvalue weighted by molar-refractivity contribution is -0.116. The number of amides is 2. The zero-order valence-electron chi connectivity index (χ0n) is 12.8. The highest BCUT2D eigenvalue weighted by Gasteiger charge is 2.08. The summed E-state index contributed by atoms with van der Waals surface area (Å²) < 4.78 is 4.98. The van der Waals surface area contributed by atoms with Crippen LogP contribution in [0.2, 0.25) is 0 Å². The van der Waals surface area contributed by atoms with Crippen molar-refractivity contribution in [2.75, 3.05) is 11.9 Å². The molecule has 2 amide bonds. The van der Waals surface area contributed by atoms with Gasteiger partial charge >= 0.3 is 0 Å². The van der Waals surface area contributed by atoms with Gasteiger partial charge in [-0.2, -0.15) is 0 Å². The standard InChI is InChI=1S/C17H20N2O3/c1-12-9-13(2)11-14(10-12)19-16(20)6-3-7-18-17(21)15-5-4-8-22-15/h4-5,8-11H,3,6-7H2,1-2H3,(H,18,21)(H,19,20). The van der Waals surface area contributed by atoms with Crippen molar-refractivity contribution in [3.63, 3.8) is 0 Å². The van der Waals surface area contributed by atoms with Crippen molar-refractivity contribution in [3.05, 3.63) is 53.5 Å². The minimum atomic E-state index is -0.264. The summed E-state index contributed by atoms with van der Waals surface area (Å²) in [5.41, 5.74) is 3.03. The van der Waals surface area contributed by atoms with Crippen molar-refractivity contribution in [2.45, 2.75) is 26.7 Å². The molecule has 0 saturated heterocycles. The van der Waals surface area contributed by atoms with E-state index in [2.05, 4.69) is 16.7 Å². The number of rotatable bonds is 6. The fourth-order valence-corrected chi connectivity index (χ4v) is 2.22. The molecular formula is C17H20N2O3. The van der Waals surface area contributed by atoms with Crippen LogP contribution in [0.4, 0.5) is 5.69 Å². The molecule has 5 heteroatoms. The van der Waals surface area contributed by atoms with E-state index in [-0.39, 0.29) is 17.6 Å². The van der Waals surface area contributed by atoms with Crippen LogP contribution in [0.15, 0.2) is 41.0 Å². The maximum Gasteiger partial charge on any atom is 0.286 e. The molecule has 1 aromatic carbocycles. The van der Waals surface area contributed by atoms with Gasteiger partial charge in [0.05, 0.1) is 6.26 Å². The van der Waals surface area contributed by atoms with Crippen LogP contribution in [0.1, 0.15) is 34.5 Å². The zero-order valence-corrected chi connectivity index (χ0v) is 12.8. The van der Waals surface area contributed by atoms with Gasteiger partial charge in [-0.1, -0.05) is 6.07 Å². The van der Waals surface area contributed by atoms with E-state index in [1.165, 1.54) is 6.26 Å². The van der Waals surface area contributed by atoms with Crippen molar-refractivity contribution in [1.82, 2.24) is 5.32 Å². The van der Waals surface area contributed by atoms with Gasteiger partial charge in [-0.15, -0.1) is 0 Å². The van der Waals surface area contributed by atoms with E-state index in [0.717, 1.165) is 16.8 Å². The molecule has 0 fully saturated rings. The number of furan rings is 1. The quantitative estimate of drug-likeness (QED) is 0.805. The predicted octanol–water partition coefficient (Wildman–Crippen LogP) is 3.05. The molecular weight excluding hydrogens is 280 g/mol. The van der Waals surface area contributed by atoms with E-state index in [1.807, 2.05) is 26.0 Å². The Kier molecular flexibility index (Phi) is 5.36.